The lowest BCUT2D eigenvalue weighted by molar-refractivity contribution is -0.123. The fraction of sp³-hybridized carbons (Fsp3) is 0.125. The van der Waals surface area contributed by atoms with Gasteiger partial charge in [0, 0.05) is 8.95 Å². The molecular formula is C16H13Br3N2O4. The molecule has 2 aromatic rings. The average molecular weight is 537 g/mol. The molecule has 0 bridgehead atoms. The van der Waals surface area contributed by atoms with Crippen LogP contribution in [0.5, 0.6) is 11.5 Å². The maximum atomic E-state index is 12.2. The summed E-state index contributed by atoms with van der Waals surface area (Å²) in [5.41, 5.74) is 4.90. The zero-order valence-electron chi connectivity index (χ0n) is 12.9. The Morgan fingerprint density at radius 3 is 2.24 bits per heavy atom. The minimum absolute atomic E-state index is 0.254. The van der Waals surface area contributed by atoms with Crippen LogP contribution < -0.4 is 20.3 Å². The van der Waals surface area contributed by atoms with E-state index in [9.17, 15) is 9.59 Å². The molecule has 0 aromatic heterocycles. The van der Waals surface area contributed by atoms with Gasteiger partial charge in [-0.1, -0.05) is 31.9 Å². The lowest BCUT2D eigenvalue weighted by atomic mass is 10.2. The Bertz CT molecular complexity index is 799. The number of hydrogen-bond donors (Lipinski definition) is 2. The number of benzene rings is 2. The summed E-state index contributed by atoms with van der Waals surface area (Å²) in [5, 5.41) is 0. The molecule has 2 N–H and O–H groups in total. The van der Waals surface area contributed by atoms with Gasteiger partial charge in [-0.05, 0) is 52.3 Å². The average Bonchev–Trinajstić information content (AvgIpc) is 2.58. The first-order chi connectivity index (χ1) is 11.9. The first-order valence-electron chi connectivity index (χ1n) is 6.91. The molecule has 0 saturated heterocycles. The molecule has 0 aliphatic rings. The zero-order chi connectivity index (χ0) is 18.4. The van der Waals surface area contributed by atoms with E-state index in [1.807, 2.05) is 0 Å². The van der Waals surface area contributed by atoms with Crippen molar-refractivity contribution in [1.29, 1.82) is 0 Å². The van der Waals surface area contributed by atoms with E-state index in [-0.39, 0.29) is 12.2 Å². The van der Waals surface area contributed by atoms with E-state index < -0.39 is 11.8 Å². The number of carbonyl (C=O) groups is 2. The van der Waals surface area contributed by atoms with Gasteiger partial charge in [0.2, 0.25) is 0 Å². The molecule has 2 aromatic carbocycles. The van der Waals surface area contributed by atoms with Crippen molar-refractivity contribution in [2.24, 2.45) is 0 Å². The monoisotopic (exact) mass is 534 g/mol. The smallest absolute Gasteiger partial charge is 0.276 e. The number of rotatable bonds is 5. The van der Waals surface area contributed by atoms with Crippen LogP contribution in [0, 0.1) is 0 Å². The summed E-state index contributed by atoms with van der Waals surface area (Å²) in [6.45, 7) is -0.254. The van der Waals surface area contributed by atoms with Gasteiger partial charge in [-0.3, -0.25) is 20.4 Å². The van der Waals surface area contributed by atoms with E-state index in [0.717, 1.165) is 4.47 Å². The topological polar surface area (TPSA) is 76.7 Å². The molecule has 9 heteroatoms. The summed E-state index contributed by atoms with van der Waals surface area (Å²) >= 11 is 9.95. The van der Waals surface area contributed by atoms with E-state index in [1.165, 1.54) is 7.11 Å². The van der Waals surface area contributed by atoms with Crippen LogP contribution >= 0.6 is 47.8 Å². The van der Waals surface area contributed by atoms with Crippen LogP contribution in [0.2, 0.25) is 0 Å². The normalized spacial score (nSPS) is 10.1. The van der Waals surface area contributed by atoms with Gasteiger partial charge in [-0.15, -0.1) is 0 Å². The Morgan fingerprint density at radius 2 is 1.60 bits per heavy atom. The first kappa shape index (κ1) is 19.7. The van der Waals surface area contributed by atoms with Crippen LogP contribution in [0.15, 0.2) is 49.8 Å². The lowest BCUT2D eigenvalue weighted by Gasteiger charge is -2.12. The third kappa shape index (κ3) is 5.72. The highest BCUT2D eigenvalue weighted by Gasteiger charge is 2.14. The predicted molar refractivity (Wildman–Crippen MR) is 104 cm³/mol. The molecule has 0 aliphatic heterocycles. The van der Waals surface area contributed by atoms with E-state index in [2.05, 4.69) is 58.6 Å². The molecule has 0 aliphatic carbocycles. The quantitative estimate of drug-likeness (QED) is 0.570. The largest absolute Gasteiger partial charge is 0.496 e. The van der Waals surface area contributed by atoms with Crippen LogP contribution in [0.4, 0.5) is 0 Å². The molecular weight excluding hydrogens is 524 g/mol. The van der Waals surface area contributed by atoms with Gasteiger partial charge in [-0.2, -0.15) is 0 Å². The maximum absolute atomic E-state index is 12.2. The summed E-state index contributed by atoms with van der Waals surface area (Å²) in [6.07, 6.45) is 0. The number of hydrazine groups is 1. The molecule has 25 heavy (non-hydrogen) atoms. The highest BCUT2D eigenvalue weighted by molar-refractivity contribution is 9.11. The number of ether oxygens (including phenoxy) is 2. The highest BCUT2D eigenvalue weighted by Crippen LogP contribution is 2.28. The molecule has 0 heterocycles. The van der Waals surface area contributed by atoms with Gasteiger partial charge in [-0.25, -0.2) is 0 Å². The number of halogens is 3. The second kappa shape index (κ2) is 9.21. The number of carbonyl (C=O) groups excluding carboxylic acids is 2. The SMILES string of the molecule is COc1ccc(Br)cc1C(=O)NNC(=O)COc1ccc(Br)cc1Br. The number of methoxy groups -OCH3 is 1. The molecule has 0 atom stereocenters. The molecule has 0 fully saturated rings. The Hall–Kier alpha value is -1.58. The fourth-order valence-corrected chi connectivity index (χ4v) is 3.35. The van der Waals surface area contributed by atoms with E-state index >= 15 is 0 Å². The van der Waals surface area contributed by atoms with E-state index in [0.29, 0.717) is 20.4 Å². The minimum atomic E-state index is -0.503. The van der Waals surface area contributed by atoms with Gasteiger partial charge >= 0.3 is 0 Å². The van der Waals surface area contributed by atoms with Crippen molar-refractivity contribution in [3.8, 4) is 11.5 Å². The molecule has 6 nitrogen and oxygen atoms in total. The van der Waals surface area contributed by atoms with Crippen molar-refractivity contribution in [3.63, 3.8) is 0 Å². The van der Waals surface area contributed by atoms with Crippen LogP contribution in [0.1, 0.15) is 10.4 Å². The summed E-state index contributed by atoms with van der Waals surface area (Å²) < 4.78 is 12.8. The lowest BCUT2D eigenvalue weighted by Crippen LogP contribution is -2.43. The molecule has 132 valence electrons. The summed E-state index contributed by atoms with van der Waals surface area (Å²) in [7, 11) is 1.46. The van der Waals surface area contributed by atoms with Crippen molar-refractivity contribution < 1.29 is 19.1 Å². The summed E-state index contributed by atoms with van der Waals surface area (Å²) in [6, 6.07) is 10.3. The third-order valence-corrected chi connectivity index (χ3v) is 4.58. The number of nitrogens with one attached hydrogen (secondary N) is 2. The van der Waals surface area contributed by atoms with Gasteiger partial charge in [0.15, 0.2) is 6.61 Å². The van der Waals surface area contributed by atoms with E-state index in [1.54, 1.807) is 36.4 Å². The Balaban J connectivity index is 1.89. The van der Waals surface area contributed by atoms with E-state index in [4.69, 9.17) is 9.47 Å². The molecule has 0 spiro atoms. The predicted octanol–water partition coefficient (Wildman–Crippen LogP) is 3.82. The van der Waals surface area contributed by atoms with Crippen molar-refractivity contribution in [3.05, 3.63) is 55.4 Å². The van der Waals surface area contributed by atoms with Crippen LogP contribution in [-0.2, 0) is 4.79 Å². The van der Waals surface area contributed by atoms with Crippen LogP contribution in [0.3, 0.4) is 0 Å². The Labute approximate surface area is 169 Å². The third-order valence-electron chi connectivity index (χ3n) is 2.97. The molecule has 2 amide bonds. The fourth-order valence-electron chi connectivity index (χ4n) is 1.82. The number of amides is 2. The molecule has 0 saturated carbocycles. The van der Waals surface area contributed by atoms with Crippen LogP contribution in [-0.4, -0.2) is 25.5 Å². The second-order valence-electron chi connectivity index (χ2n) is 4.71. The minimum Gasteiger partial charge on any atom is -0.496 e. The van der Waals surface area contributed by atoms with Crippen molar-refractivity contribution in [2.75, 3.05) is 13.7 Å². The highest BCUT2D eigenvalue weighted by atomic mass is 79.9. The zero-order valence-corrected chi connectivity index (χ0v) is 17.7. The van der Waals surface area contributed by atoms with Crippen molar-refractivity contribution in [2.45, 2.75) is 0 Å². The summed E-state index contributed by atoms with van der Waals surface area (Å²) in [4.78, 5) is 24.0. The van der Waals surface area contributed by atoms with Gasteiger partial charge < -0.3 is 9.47 Å². The van der Waals surface area contributed by atoms with Gasteiger partial charge in [0.1, 0.15) is 11.5 Å². The Morgan fingerprint density at radius 1 is 0.960 bits per heavy atom. The number of hydrogen-bond acceptors (Lipinski definition) is 4. The maximum Gasteiger partial charge on any atom is 0.276 e. The van der Waals surface area contributed by atoms with Gasteiger partial charge in [0.25, 0.3) is 11.8 Å². The second-order valence-corrected chi connectivity index (χ2v) is 7.40. The van der Waals surface area contributed by atoms with Crippen molar-refractivity contribution in [1.82, 2.24) is 10.9 Å². The standard InChI is InChI=1S/C16H13Br3N2O4/c1-24-13-4-2-9(17)6-11(13)16(23)21-20-15(22)8-25-14-5-3-10(18)7-12(14)19/h2-7H,8H2,1H3,(H,20,22)(H,21,23). The molecule has 0 unspecified atom stereocenters. The first-order valence-corrected chi connectivity index (χ1v) is 9.29. The van der Waals surface area contributed by atoms with Crippen LogP contribution in [0.25, 0.3) is 0 Å². The molecule has 0 radical (unpaired) electrons. The van der Waals surface area contributed by atoms with Crippen molar-refractivity contribution >= 4 is 59.6 Å². The Kier molecular flexibility index (Phi) is 7.27. The molecule has 2 rings (SSSR count). The van der Waals surface area contributed by atoms with Gasteiger partial charge in [0.05, 0.1) is 17.1 Å². The summed E-state index contributed by atoms with van der Waals surface area (Å²) in [5.74, 6) is -0.100.